The van der Waals surface area contributed by atoms with Crippen molar-refractivity contribution in [2.75, 3.05) is 27.3 Å². The maximum absolute atomic E-state index is 11.5. The molecule has 21 heavy (non-hydrogen) atoms. The number of piperazine rings is 1. The van der Waals surface area contributed by atoms with Crippen LogP contribution in [-0.2, 0) is 16.1 Å². The molecule has 7 nitrogen and oxygen atoms in total. The number of carboxylic acids is 1. The van der Waals surface area contributed by atoms with E-state index in [9.17, 15) is 14.7 Å². The van der Waals surface area contributed by atoms with Gasteiger partial charge in [0, 0.05) is 18.7 Å². The molecular formula is C14H18N2O5. The van der Waals surface area contributed by atoms with E-state index in [1.54, 1.807) is 37.3 Å². The number of carbonyl (C=O) groups is 2. The van der Waals surface area contributed by atoms with Crippen molar-refractivity contribution in [1.82, 2.24) is 10.2 Å². The second kappa shape index (κ2) is 6.45. The summed E-state index contributed by atoms with van der Waals surface area (Å²) in [7, 11) is 3.10. The Morgan fingerprint density at radius 2 is 2.19 bits per heavy atom. The monoisotopic (exact) mass is 294 g/mol. The maximum atomic E-state index is 11.5. The molecule has 2 N–H and O–H groups in total. The molecule has 1 aliphatic heterocycles. The van der Waals surface area contributed by atoms with Crippen LogP contribution in [0.1, 0.15) is 5.56 Å². The Morgan fingerprint density at radius 3 is 2.81 bits per heavy atom. The van der Waals surface area contributed by atoms with Crippen LogP contribution < -0.4 is 14.8 Å². The standard InChI is InChI=1S/C14H18N2O5/c1-20-10-3-4-12(21-2)9(5-10)7-16-8-13(17)15-6-11(16)14(18)19/h3-5,11H,6-8H2,1-2H3,(H,15,17)(H,18,19). The van der Waals surface area contributed by atoms with Gasteiger partial charge >= 0.3 is 5.97 Å². The molecule has 1 aliphatic rings. The Bertz CT molecular complexity index is 546. The molecule has 0 radical (unpaired) electrons. The Labute approximate surface area is 122 Å². The number of benzene rings is 1. The van der Waals surface area contributed by atoms with Crippen LogP contribution in [0.4, 0.5) is 0 Å². The molecule has 1 heterocycles. The fourth-order valence-corrected chi connectivity index (χ4v) is 2.32. The molecule has 2 rings (SSSR count). The average Bonchev–Trinajstić information content (AvgIpc) is 2.47. The van der Waals surface area contributed by atoms with E-state index in [0.29, 0.717) is 18.0 Å². The van der Waals surface area contributed by atoms with Crippen LogP contribution in [0.25, 0.3) is 0 Å². The van der Waals surface area contributed by atoms with E-state index >= 15 is 0 Å². The fraction of sp³-hybridized carbons (Fsp3) is 0.429. The third-order valence-electron chi connectivity index (χ3n) is 3.43. The summed E-state index contributed by atoms with van der Waals surface area (Å²) in [6.45, 7) is 0.433. The summed E-state index contributed by atoms with van der Waals surface area (Å²) in [5, 5.41) is 11.8. The largest absolute Gasteiger partial charge is 0.497 e. The van der Waals surface area contributed by atoms with Crippen molar-refractivity contribution in [3.63, 3.8) is 0 Å². The number of methoxy groups -OCH3 is 2. The molecule has 7 heteroatoms. The smallest absolute Gasteiger partial charge is 0.322 e. The van der Waals surface area contributed by atoms with Gasteiger partial charge in [0.1, 0.15) is 17.5 Å². The Balaban J connectivity index is 2.25. The first kappa shape index (κ1) is 15.1. The first-order valence-corrected chi connectivity index (χ1v) is 6.49. The van der Waals surface area contributed by atoms with Gasteiger partial charge in [-0.3, -0.25) is 14.5 Å². The molecule has 1 atom stereocenters. The molecule has 1 aromatic carbocycles. The minimum atomic E-state index is -0.961. The lowest BCUT2D eigenvalue weighted by Gasteiger charge is -2.32. The molecular weight excluding hydrogens is 276 g/mol. The lowest BCUT2D eigenvalue weighted by molar-refractivity contribution is -0.146. The number of ether oxygens (including phenoxy) is 2. The van der Waals surface area contributed by atoms with Crippen LogP contribution in [-0.4, -0.2) is 55.2 Å². The molecule has 0 bridgehead atoms. The highest BCUT2D eigenvalue weighted by atomic mass is 16.5. The number of nitrogens with zero attached hydrogens (tertiary/aromatic N) is 1. The van der Waals surface area contributed by atoms with E-state index in [4.69, 9.17) is 9.47 Å². The summed E-state index contributed by atoms with van der Waals surface area (Å²) in [4.78, 5) is 24.4. The fourth-order valence-electron chi connectivity index (χ4n) is 2.32. The number of amides is 1. The zero-order chi connectivity index (χ0) is 15.4. The highest BCUT2D eigenvalue weighted by Gasteiger charge is 2.32. The van der Waals surface area contributed by atoms with Crippen molar-refractivity contribution in [2.45, 2.75) is 12.6 Å². The number of rotatable bonds is 5. The average molecular weight is 294 g/mol. The van der Waals surface area contributed by atoms with E-state index in [1.807, 2.05) is 0 Å². The van der Waals surface area contributed by atoms with Crippen molar-refractivity contribution in [1.29, 1.82) is 0 Å². The van der Waals surface area contributed by atoms with E-state index < -0.39 is 12.0 Å². The van der Waals surface area contributed by atoms with Gasteiger partial charge < -0.3 is 19.9 Å². The summed E-state index contributed by atoms with van der Waals surface area (Å²) in [5.74, 6) is 0.135. The van der Waals surface area contributed by atoms with Crippen LogP contribution in [0.3, 0.4) is 0 Å². The molecule has 114 valence electrons. The molecule has 1 aromatic rings. The lowest BCUT2D eigenvalue weighted by atomic mass is 10.1. The number of hydrogen-bond donors (Lipinski definition) is 2. The van der Waals surface area contributed by atoms with Crippen LogP contribution in [0, 0.1) is 0 Å². The first-order chi connectivity index (χ1) is 10.0. The van der Waals surface area contributed by atoms with Gasteiger partial charge in [-0.05, 0) is 18.2 Å². The third-order valence-corrected chi connectivity index (χ3v) is 3.43. The Kier molecular flexibility index (Phi) is 4.64. The van der Waals surface area contributed by atoms with E-state index in [2.05, 4.69) is 5.32 Å². The van der Waals surface area contributed by atoms with E-state index in [0.717, 1.165) is 5.56 Å². The van der Waals surface area contributed by atoms with Gasteiger partial charge in [0.25, 0.3) is 0 Å². The highest BCUT2D eigenvalue weighted by molar-refractivity contribution is 5.83. The topological polar surface area (TPSA) is 88.1 Å². The zero-order valence-electron chi connectivity index (χ0n) is 12.0. The lowest BCUT2D eigenvalue weighted by Crippen LogP contribution is -2.56. The minimum absolute atomic E-state index is 0.0390. The van der Waals surface area contributed by atoms with Crippen LogP contribution in [0.15, 0.2) is 18.2 Å². The number of carboxylic acid groups (broad SMARTS) is 1. The summed E-state index contributed by atoms with van der Waals surface area (Å²) in [6, 6.07) is 4.55. The maximum Gasteiger partial charge on any atom is 0.322 e. The van der Waals surface area contributed by atoms with Crippen molar-refractivity contribution >= 4 is 11.9 Å². The predicted octanol–water partition coefficient (Wildman–Crippen LogP) is 0.0888. The first-order valence-electron chi connectivity index (χ1n) is 6.49. The van der Waals surface area contributed by atoms with Crippen LogP contribution >= 0.6 is 0 Å². The third kappa shape index (κ3) is 3.43. The second-order valence-corrected chi connectivity index (χ2v) is 4.74. The molecule has 0 aliphatic carbocycles. The summed E-state index contributed by atoms with van der Waals surface area (Å²) in [5.41, 5.74) is 0.776. The molecule has 1 unspecified atom stereocenters. The van der Waals surface area contributed by atoms with Crippen molar-refractivity contribution in [3.05, 3.63) is 23.8 Å². The zero-order valence-corrected chi connectivity index (χ0v) is 12.0. The SMILES string of the molecule is COc1ccc(OC)c(CN2CC(=O)NCC2C(=O)O)c1. The van der Waals surface area contributed by atoms with Gasteiger partial charge in [-0.1, -0.05) is 0 Å². The van der Waals surface area contributed by atoms with Crippen LogP contribution in [0.5, 0.6) is 11.5 Å². The van der Waals surface area contributed by atoms with Gasteiger partial charge in [-0.25, -0.2) is 0 Å². The van der Waals surface area contributed by atoms with Crippen molar-refractivity contribution in [2.24, 2.45) is 0 Å². The van der Waals surface area contributed by atoms with Gasteiger partial charge in [-0.15, -0.1) is 0 Å². The van der Waals surface area contributed by atoms with Gasteiger partial charge in [-0.2, -0.15) is 0 Å². The van der Waals surface area contributed by atoms with Gasteiger partial charge in [0.2, 0.25) is 5.91 Å². The highest BCUT2D eigenvalue weighted by Crippen LogP contribution is 2.26. The molecule has 0 saturated carbocycles. The van der Waals surface area contributed by atoms with Crippen LogP contribution in [0.2, 0.25) is 0 Å². The molecule has 1 saturated heterocycles. The summed E-state index contributed by atoms with van der Waals surface area (Å²) < 4.78 is 10.4. The molecule has 1 fully saturated rings. The summed E-state index contributed by atoms with van der Waals surface area (Å²) >= 11 is 0. The number of aliphatic carboxylic acids is 1. The van der Waals surface area contributed by atoms with E-state index in [1.165, 1.54) is 0 Å². The van der Waals surface area contributed by atoms with E-state index in [-0.39, 0.29) is 19.0 Å². The summed E-state index contributed by atoms with van der Waals surface area (Å²) in [6.07, 6.45) is 0. The Morgan fingerprint density at radius 1 is 1.43 bits per heavy atom. The normalized spacial score (nSPS) is 19.0. The number of nitrogens with one attached hydrogen (secondary N) is 1. The minimum Gasteiger partial charge on any atom is -0.497 e. The number of carbonyl (C=O) groups excluding carboxylic acids is 1. The number of hydrogen-bond acceptors (Lipinski definition) is 5. The van der Waals surface area contributed by atoms with Crippen molar-refractivity contribution < 1.29 is 24.2 Å². The van der Waals surface area contributed by atoms with Gasteiger partial charge in [0.05, 0.1) is 20.8 Å². The molecule has 0 spiro atoms. The van der Waals surface area contributed by atoms with Crippen molar-refractivity contribution in [3.8, 4) is 11.5 Å². The molecule has 1 amide bonds. The molecule has 0 aromatic heterocycles. The van der Waals surface area contributed by atoms with Gasteiger partial charge in [0.15, 0.2) is 0 Å². The second-order valence-electron chi connectivity index (χ2n) is 4.74. The quantitative estimate of drug-likeness (QED) is 0.800. The Hall–Kier alpha value is -2.28. The predicted molar refractivity (Wildman–Crippen MR) is 74.4 cm³/mol.